The summed E-state index contributed by atoms with van der Waals surface area (Å²) in [6.07, 6.45) is 8.71. The monoisotopic (exact) mass is 224 g/mol. The van der Waals surface area contributed by atoms with Crippen molar-refractivity contribution in [3.05, 3.63) is 16.4 Å². The van der Waals surface area contributed by atoms with E-state index in [0.717, 1.165) is 18.8 Å². The number of nitrogens with one attached hydrogen (secondary N) is 1. The van der Waals surface area contributed by atoms with E-state index in [2.05, 4.69) is 17.1 Å². The molecule has 0 saturated heterocycles. The smallest absolute Gasteiger partial charge is 0.392 e. The van der Waals surface area contributed by atoms with Gasteiger partial charge in [0.2, 0.25) is 5.89 Å². The van der Waals surface area contributed by atoms with Crippen LogP contribution in [0.3, 0.4) is 0 Å². The van der Waals surface area contributed by atoms with Gasteiger partial charge in [0.1, 0.15) is 0 Å². The van der Waals surface area contributed by atoms with Crippen molar-refractivity contribution in [2.24, 2.45) is 5.92 Å². The van der Waals surface area contributed by atoms with Crippen LogP contribution in [0.2, 0.25) is 0 Å². The van der Waals surface area contributed by atoms with Crippen molar-refractivity contribution >= 4 is 0 Å². The fourth-order valence-corrected chi connectivity index (χ4v) is 2.61. The van der Waals surface area contributed by atoms with E-state index in [1.165, 1.54) is 32.1 Å². The number of aromatic nitrogens is 2. The Labute approximate surface area is 95.4 Å². The van der Waals surface area contributed by atoms with E-state index in [4.69, 9.17) is 4.42 Å². The predicted octanol–water partition coefficient (Wildman–Crippen LogP) is 2.83. The van der Waals surface area contributed by atoms with Crippen molar-refractivity contribution in [1.82, 2.24) is 10.2 Å². The van der Waals surface area contributed by atoms with Gasteiger partial charge in [-0.25, -0.2) is 9.89 Å². The highest BCUT2D eigenvalue weighted by Crippen LogP contribution is 2.36. The molecule has 0 radical (unpaired) electrons. The molecule has 0 amide bonds. The molecule has 0 spiro atoms. The van der Waals surface area contributed by atoms with Gasteiger partial charge in [-0.1, -0.05) is 26.2 Å². The molecule has 4 heteroatoms. The summed E-state index contributed by atoms with van der Waals surface area (Å²) < 4.78 is 5.02. The third-order valence-electron chi connectivity index (χ3n) is 3.62. The lowest BCUT2D eigenvalue weighted by molar-refractivity contribution is 0.274. The second kappa shape index (κ2) is 5.32. The van der Waals surface area contributed by atoms with Crippen LogP contribution in [0.4, 0.5) is 0 Å². The van der Waals surface area contributed by atoms with E-state index in [-0.39, 0.29) is 0 Å². The minimum Gasteiger partial charge on any atom is -0.392 e. The van der Waals surface area contributed by atoms with E-state index in [1.54, 1.807) is 0 Å². The molecule has 1 aromatic rings. The van der Waals surface area contributed by atoms with Crippen LogP contribution in [0.1, 0.15) is 63.7 Å². The Kier molecular flexibility index (Phi) is 3.80. The molecule has 0 unspecified atom stereocenters. The maximum absolute atomic E-state index is 10.9. The second-order valence-electron chi connectivity index (χ2n) is 4.81. The van der Waals surface area contributed by atoms with Crippen molar-refractivity contribution in [3.63, 3.8) is 0 Å². The Morgan fingerprint density at radius 3 is 2.69 bits per heavy atom. The summed E-state index contributed by atoms with van der Waals surface area (Å²) in [5.74, 6) is 1.42. The molecule has 0 aliphatic heterocycles. The van der Waals surface area contributed by atoms with E-state index in [9.17, 15) is 4.79 Å². The Balaban J connectivity index is 1.83. The van der Waals surface area contributed by atoms with Crippen LogP contribution in [0.25, 0.3) is 0 Å². The minimum absolute atomic E-state index is 0.358. The highest BCUT2D eigenvalue weighted by atomic mass is 16.4. The Morgan fingerprint density at radius 1 is 1.38 bits per heavy atom. The molecule has 1 heterocycles. The molecule has 2 rings (SSSR count). The van der Waals surface area contributed by atoms with Gasteiger partial charge >= 0.3 is 5.76 Å². The van der Waals surface area contributed by atoms with E-state index >= 15 is 0 Å². The SMILES string of the molecule is CCCCC1CCC(c2n[nH]c(=O)o2)CC1. The Morgan fingerprint density at radius 2 is 2.12 bits per heavy atom. The van der Waals surface area contributed by atoms with Gasteiger partial charge in [-0.05, 0) is 31.6 Å². The lowest BCUT2D eigenvalue weighted by atomic mass is 9.80. The van der Waals surface area contributed by atoms with Gasteiger partial charge in [0, 0.05) is 5.92 Å². The predicted molar refractivity (Wildman–Crippen MR) is 61.3 cm³/mol. The summed E-state index contributed by atoms with van der Waals surface area (Å²) in [4.78, 5) is 10.9. The van der Waals surface area contributed by atoms with Crippen molar-refractivity contribution in [2.75, 3.05) is 0 Å². The third-order valence-corrected chi connectivity index (χ3v) is 3.62. The zero-order valence-corrected chi connectivity index (χ0v) is 9.87. The van der Waals surface area contributed by atoms with Gasteiger partial charge in [-0.15, -0.1) is 5.10 Å². The highest BCUT2D eigenvalue weighted by molar-refractivity contribution is 4.91. The molecule has 90 valence electrons. The molecule has 1 N–H and O–H groups in total. The number of H-pyrrole nitrogens is 1. The van der Waals surface area contributed by atoms with Crippen molar-refractivity contribution in [1.29, 1.82) is 0 Å². The fourth-order valence-electron chi connectivity index (χ4n) is 2.61. The molecule has 1 aromatic heterocycles. The van der Waals surface area contributed by atoms with Gasteiger partial charge in [-0.2, -0.15) is 0 Å². The van der Waals surface area contributed by atoms with Crippen LogP contribution in [-0.4, -0.2) is 10.2 Å². The molecule has 0 bridgehead atoms. The number of hydrogen-bond acceptors (Lipinski definition) is 3. The molecule has 1 aliphatic carbocycles. The standard InChI is InChI=1S/C12H20N2O2/c1-2-3-4-9-5-7-10(8-6-9)11-13-14-12(15)16-11/h9-10H,2-8H2,1H3,(H,14,15). The third kappa shape index (κ3) is 2.74. The number of rotatable bonds is 4. The maximum atomic E-state index is 10.9. The largest absolute Gasteiger partial charge is 0.434 e. The molecule has 0 aromatic carbocycles. The summed E-state index contributed by atoms with van der Waals surface area (Å²) in [5.41, 5.74) is 0. The number of unbranched alkanes of at least 4 members (excludes halogenated alkanes) is 1. The van der Waals surface area contributed by atoms with E-state index < -0.39 is 5.76 Å². The lowest BCUT2D eigenvalue weighted by Crippen LogP contribution is -2.13. The van der Waals surface area contributed by atoms with Gasteiger partial charge in [-0.3, -0.25) is 0 Å². The topological polar surface area (TPSA) is 58.9 Å². The minimum atomic E-state index is -0.428. The van der Waals surface area contributed by atoms with Crippen LogP contribution in [-0.2, 0) is 0 Å². The summed E-state index contributed by atoms with van der Waals surface area (Å²) >= 11 is 0. The van der Waals surface area contributed by atoms with Crippen molar-refractivity contribution in [2.45, 2.75) is 57.8 Å². The molecular weight excluding hydrogens is 204 g/mol. The van der Waals surface area contributed by atoms with Crippen LogP contribution in [0, 0.1) is 5.92 Å². The summed E-state index contributed by atoms with van der Waals surface area (Å²) in [7, 11) is 0. The van der Waals surface area contributed by atoms with Gasteiger partial charge in [0.15, 0.2) is 0 Å². The van der Waals surface area contributed by atoms with Crippen LogP contribution >= 0.6 is 0 Å². The van der Waals surface area contributed by atoms with E-state index in [1.807, 2.05) is 0 Å². The summed E-state index contributed by atoms with van der Waals surface area (Å²) in [6.45, 7) is 2.24. The van der Waals surface area contributed by atoms with Crippen LogP contribution < -0.4 is 5.76 Å². The first-order chi connectivity index (χ1) is 7.79. The van der Waals surface area contributed by atoms with Gasteiger partial charge < -0.3 is 4.42 Å². The molecular formula is C12H20N2O2. The number of hydrogen-bond donors (Lipinski definition) is 1. The summed E-state index contributed by atoms with van der Waals surface area (Å²) in [6, 6.07) is 0. The number of aromatic amines is 1. The van der Waals surface area contributed by atoms with Crippen molar-refractivity contribution < 1.29 is 4.42 Å². The first-order valence-corrected chi connectivity index (χ1v) is 6.35. The number of nitrogens with zero attached hydrogens (tertiary/aromatic N) is 1. The first kappa shape index (κ1) is 11.4. The van der Waals surface area contributed by atoms with Gasteiger partial charge in [0.05, 0.1) is 0 Å². The normalized spacial score (nSPS) is 25.8. The van der Waals surface area contributed by atoms with Crippen LogP contribution in [0.15, 0.2) is 9.21 Å². The zero-order valence-electron chi connectivity index (χ0n) is 9.87. The fraction of sp³-hybridized carbons (Fsp3) is 0.833. The molecule has 16 heavy (non-hydrogen) atoms. The maximum Gasteiger partial charge on any atom is 0.434 e. The Bertz CT molecular complexity index is 361. The molecule has 4 nitrogen and oxygen atoms in total. The zero-order chi connectivity index (χ0) is 11.4. The lowest BCUT2D eigenvalue weighted by Gasteiger charge is -2.26. The molecule has 1 aliphatic rings. The summed E-state index contributed by atoms with van der Waals surface area (Å²) in [5, 5.41) is 6.26. The highest BCUT2D eigenvalue weighted by Gasteiger charge is 2.25. The average Bonchev–Trinajstić information content (AvgIpc) is 2.74. The molecule has 1 fully saturated rings. The van der Waals surface area contributed by atoms with E-state index in [0.29, 0.717) is 11.8 Å². The van der Waals surface area contributed by atoms with Gasteiger partial charge in [0.25, 0.3) is 0 Å². The van der Waals surface area contributed by atoms with Crippen LogP contribution in [0.5, 0.6) is 0 Å². The molecule has 0 atom stereocenters. The average molecular weight is 224 g/mol. The quantitative estimate of drug-likeness (QED) is 0.855. The van der Waals surface area contributed by atoms with Crippen molar-refractivity contribution in [3.8, 4) is 0 Å². The second-order valence-corrected chi connectivity index (χ2v) is 4.81. The first-order valence-electron chi connectivity index (χ1n) is 6.35. The Hall–Kier alpha value is -1.06. The molecule has 1 saturated carbocycles.